The maximum Gasteiger partial charge on any atom is 0.573 e. The predicted octanol–water partition coefficient (Wildman–Crippen LogP) is 10.7. The number of rotatable bonds is 11. The average Bonchev–Trinajstić information content (AvgIpc) is 3.72. The highest BCUT2D eigenvalue weighted by Crippen LogP contribution is 2.25. The van der Waals surface area contributed by atoms with Crippen molar-refractivity contribution in [3.63, 3.8) is 0 Å². The van der Waals surface area contributed by atoms with Crippen LogP contribution in [0.3, 0.4) is 0 Å². The number of hydrogen-bond acceptors (Lipinski definition) is 8. The normalized spacial score (nSPS) is 11.3. The van der Waals surface area contributed by atoms with Gasteiger partial charge in [-0.05, 0) is 70.8 Å². The van der Waals surface area contributed by atoms with Crippen molar-refractivity contribution in [2.24, 2.45) is 0 Å². The number of aromatic nitrogens is 4. The number of hydrogen-bond donors (Lipinski definition) is 1. The molecule has 14 nitrogen and oxygen atoms in total. The van der Waals surface area contributed by atoms with E-state index in [1.165, 1.54) is 81.9 Å². The number of non-ortho nitro benzene ring substituents is 2. The first-order valence-corrected chi connectivity index (χ1v) is 20.1. The van der Waals surface area contributed by atoms with Gasteiger partial charge in [0.2, 0.25) is 0 Å². The van der Waals surface area contributed by atoms with E-state index in [9.17, 15) is 56.2 Å². The molecule has 0 atom stereocenters. The summed E-state index contributed by atoms with van der Waals surface area (Å²) < 4.78 is 85.7. The van der Waals surface area contributed by atoms with E-state index < -0.39 is 22.6 Å². The second kappa shape index (κ2) is 20.2. The number of benzene rings is 6. The average molecular weight is 972 g/mol. The third kappa shape index (κ3) is 12.7. The number of nitrogens with zero attached hydrogens (tertiary/aromatic N) is 5. The van der Waals surface area contributed by atoms with Crippen LogP contribution in [0, 0.1) is 20.2 Å². The highest BCUT2D eigenvalue weighted by atomic mass is 79.9. The molecule has 0 aliphatic heterocycles. The number of alkyl halides is 7. The summed E-state index contributed by atoms with van der Waals surface area (Å²) in [5.41, 5.74) is 5.38. The first-order valence-electron chi connectivity index (χ1n) is 18.9. The van der Waals surface area contributed by atoms with Gasteiger partial charge in [0.25, 0.3) is 11.4 Å². The Morgan fingerprint density at radius 3 is 1.26 bits per heavy atom. The van der Waals surface area contributed by atoms with E-state index in [1.54, 1.807) is 65.2 Å². The number of fused-ring (bicyclic) bond motifs is 2. The van der Waals surface area contributed by atoms with Gasteiger partial charge in [0, 0.05) is 31.0 Å². The van der Waals surface area contributed by atoms with Crippen LogP contribution in [0.1, 0.15) is 23.7 Å². The number of ether oxygens (including phenoxy) is 2. The number of H-pyrrole nitrogens is 1. The number of nitrogens with one attached hydrogen (secondary N) is 1. The molecule has 0 aliphatic carbocycles. The van der Waals surface area contributed by atoms with Crippen molar-refractivity contribution in [1.29, 1.82) is 0 Å². The fourth-order valence-electron chi connectivity index (χ4n) is 6.41. The zero-order valence-corrected chi connectivity index (χ0v) is 34.9. The summed E-state index contributed by atoms with van der Waals surface area (Å²) in [5, 5.41) is 21.8. The van der Waals surface area contributed by atoms with E-state index in [1.807, 2.05) is 12.1 Å². The Morgan fingerprint density at radius 1 is 0.523 bits per heavy atom. The lowest BCUT2D eigenvalue weighted by Gasteiger charge is -2.09. The second-order valence-electron chi connectivity index (χ2n) is 13.8. The maximum atomic E-state index is 13.2. The first kappa shape index (κ1) is 46.8. The molecule has 2 aromatic heterocycles. The lowest BCUT2D eigenvalue weighted by Crippen LogP contribution is -2.25. The Hall–Kier alpha value is -7.68. The standard InChI is InChI=1S/C22H16F3N3O4.C15H11F3N2O2.C7H6BrNO2.H2/c23-22(24,25)32-18-11-7-16(8-12-18)14-27-20-4-2-1-3-19(20)26(21(27)29)13-15-5-9-17(10-6-15)28(30)31;16-15(17,18)22-11-7-5-10(6-8-11)9-20-13-4-2-1-3-12(13)19-14(20)21;8-5-6-1-3-7(4-2-6)9(10)11;/h1-12H,13-14H2;1-8H,9H2,(H,19,21);1-4H,5H2;1H/i;;;1+2. The van der Waals surface area contributed by atoms with Crippen molar-refractivity contribution >= 4 is 49.4 Å². The third-order valence-corrected chi connectivity index (χ3v) is 10.0. The minimum atomic E-state index is -4.77. The van der Waals surface area contributed by atoms with E-state index in [0.717, 1.165) is 16.4 Å². The molecule has 0 radical (unpaired) electrons. The zero-order valence-electron chi connectivity index (χ0n) is 33.3. The first-order chi connectivity index (χ1) is 30.9. The van der Waals surface area contributed by atoms with E-state index >= 15 is 0 Å². The molecular weight excluding hydrogens is 934 g/mol. The Bertz CT molecular complexity index is 3030. The fraction of sp³-hybridized carbons (Fsp3) is 0.136. The molecule has 8 rings (SSSR count). The smallest absolute Gasteiger partial charge is 0.406 e. The molecule has 1 N–H and O–H groups in total. The van der Waals surface area contributed by atoms with Gasteiger partial charge in [0.1, 0.15) is 11.5 Å². The van der Waals surface area contributed by atoms with Crippen molar-refractivity contribution in [3.05, 3.63) is 209 Å². The molecule has 6 aromatic carbocycles. The number of nitro groups is 2. The Balaban J connectivity index is 0.000000207. The van der Waals surface area contributed by atoms with Gasteiger partial charge in [0.05, 0.1) is 51.5 Å². The number of halogens is 7. The van der Waals surface area contributed by atoms with E-state index in [2.05, 4.69) is 30.4 Å². The quantitative estimate of drug-likeness (QED) is 0.0578. The molecule has 338 valence electrons. The zero-order chi connectivity index (χ0) is 46.9. The molecule has 2 heterocycles. The predicted molar refractivity (Wildman–Crippen MR) is 233 cm³/mol. The molecule has 0 saturated heterocycles. The van der Waals surface area contributed by atoms with E-state index in [4.69, 9.17) is 0 Å². The minimum Gasteiger partial charge on any atom is -0.406 e. The molecule has 65 heavy (non-hydrogen) atoms. The number of imidazole rings is 2. The molecule has 0 saturated carbocycles. The van der Waals surface area contributed by atoms with Crippen LogP contribution in [0.4, 0.5) is 37.7 Å². The molecule has 0 fully saturated rings. The van der Waals surface area contributed by atoms with Crippen molar-refractivity contribution < 1.29 is 47.1 Å². The van der Waals surface area contributed by atoms with Gasteiger partial charge in [-0.3, -0.25) is 33.9 Å². The van der Waals surface area contributed by atoms with Crippen LogP contribution in [-0.2, 0) is 25.0 Å². The van der Waals surface area contributed by atoms with Crippen LogP contribution in [0.5, 0.6) is 11.5 Å². The number of nitro benzene ring substituents is 2. The van der Waals surface area contributed by atoms with Gasteiger partial charge < -0.3 is 14.5 Å². The number of para-hydroxylation sites is 4. The molecular formula is C44H35BrF6N6O8. The SMILES string of the molecule is O=[N+]([O-])c1ccc(CBr)cc1.O=c1[nH]c2ccccc2n1Cc1ccc(OC(F)(F)F)cc1.O=c1n(Cc2ccc(OC(F)(F)F)cc2)c2ccccc2n1Cc1ccc([N+](=O)[O-])cc1.[3HH]. The third-order valence-electron chi connectivity index (χ3n) is 9.39. The van der Waals surface area contributed by atoms with E-state index in [-0.39, 0.29) is 55.3 Å². The van der Waals surface area contributed by atoms with Gasteiger partial charge in [-0.2, -0.15) is 0 Å². The molecule has 0 amide bonds. The van der Waals surface area contributed by atoms with Crippen molar-refractivity contribution in [2.45, 2.75) is 37.7 Å². The lowest BCUT2D eigenvalue weighted by atomic mass is 10.2. The minimum absolute atomic E-state index is 0. The molecule has 0 bridgehead atoms. The second-order valence-corrected chi connectivity index (χ2v) is 14.4. The maximum absolute atomic E-state index is 13.2. The topological polar surface area (TPSA) is 169 Å². The summed E-state index contributed by atoms with van der Waals surface area (Å²) in [6.45, 7) is 0.622. The highest BCUT2D eigenvalue weighted by molar-refractivity contribution is 9.08. The van der Waals surface area contributed by atoms with Gasteiger partial charge in [-0.15, -0.1) is 26.3 Å². The molecule has 0 aliphatic rings. The molecule has 0 spiro atoms. The Labute approximate surface area is 372 Å². The summed E-state index contributed by atoms with van der Waals surface area (Å²) in [7, 11) is 0. The van der Waals surface area contributed by atoms with Gasteiger partial charge in [0.15, 0.2) is 0 Å². The monoisotopic (exact) mass is 970 g/mol. The van der Waals surface area contributed by atoms with Crippen LogP contribution in [0.2, 0.25) is 0 Å². The summed E-state index contributed by atoms with van der Waals surface area (Å²) in [4.78, 5) is 48.0. The van der Waals surface area contributed by atoms with Crippen LogP contribution in [-0.4, -0.2) is 41.3 Å². The lowest BCUT2D eigenvalue weighted by molar-refractivity contribution is -0.385. The van der Waals surface area contributed by atoms with Gasteiger partial charge >= 0.3 is 24.1 Å². The number of aromatic amines is 1. The van der Waals surface area contributed by atoms with Gasteiger partial charge in [-0.1, -0.05) is 88.7 Å². The molecule has 0 unspecified atom stereocenters. The van der Waals surface area contributed by atoms with Gasteiger partial charge in [-0.25, -0.2) is 9.59 Å². The fourth-order valence-corrected chi connectivity index (χ4v) is 6.79. The van der Waals surface area contributed by atoms with Crippen molar-refractivity contribution in [2.75, 3.05) is 0 Å². The Kier molecular flexibility index (Phi) is 14.6. The van der Waals surface area contributed by atoms with Crippen LogP contribution in [0.25, 0.3) is 22.1 Å². The van der Waals surface area contributed by atoms with Crippen molar-refractivity contribution in [1.82, 2.24) is 18.7 Å². The molecule has 21 heteroatoms. The summed E-state index contributed by atoms with van der Waals surface area (Å²) in [5.74, 6) is -0.628. The van der Waals surface area contributed by atoms with Crippen LogP contribution in [0.15, 0.2) is 155 Å². The largest absolute Gasteiger partial charge is 0.573 e. The van der Waals surface area contributed by atoms with Crippen LogP contribution >= 0.6 is 15.9 Å². The summed E-state index contributed by atoms with van der Waals surface area (Å²) in [6.07, 6.45) is -9.49. The van der Waals surface area contributed by atoms with Crippen LogP contribution < -0.4 is 20.9 Å². The highest BCUT2D eigenvalue weighted by Gasteiger charge is 2.31. The summed E-state index contributed by atoms with van der Waals surface area (Å²) >= 11 is 3.25. The van der Waals surface area contributed by atoms with E-state index in [0.29, 0.717) is 33.2 Å². The van der Waals surface area contributed by atoms with Crippen molar-refractivity contribution in [3.8, 4) is 11.5 Å². The summed E-state index contributed by atoms with van der Waals surface area (Å²) in [6, 6.07) is 37.5. The Morgan fingerprint density at radius 2 is 0.877 bits per heavy atom. The molecule has 8 aromatic rings.